The molecular weight excluding hydrogens is 225 g/mol. The minimum Gasteiger partial charge on any atom is -0.506 e. The number of nitrogens with one attached hydrogen (secondary N) is 1. The van der Waals surface area contributed by atoms with Crippen LogP contribution in [-0.2, 0) is 0 Å². The highest BCUT2D eigenvalue weighted by Gasteiger charge is 2.07. The van der Waals surface area contributed by atoms with Crippen molar-refractivity contribution >= 4 is 11.6 Å². The van der Waals surface area contributed by atoms with Gasteiger partial charge >= 0.3 is 0 Å². The van der Waals surface area contributed by atoms with Crippen LogP contribution in [-0.4, -0.2) is 21.0 Å². The van der Waals surface area contributed by atoms with Crippen LogP contribution in [0.3, 0.4) is 0 Å². The fraction of sp³-hybridized carbons (Fsp3) is 0. The Hall–Kier alpha value is -2.50. The van der Waals surface area contributed by atoms with E-state index in [1.54, 1.807) is 0 Å². The highest BCUT2D eigenvalue weighted by molar-refractivity contribution is 6.04. The van der Waals surface area contributed by atoms with Crippen LogP contribution in [0.2, 0.25) is 0 Å². The first-order valence-electron chi connectivity index (χ1n) is 4.71. The van der Waals surface area contributed by atoms with Gasteiger partial charge in [0.1, 0.15) is 11.6 Å². The number of carbonyl (C=O) groups excluding carboxylic acids is 1. The first-order chi connectivity index (χ1) is 8.15. The number of rotatable bonds is 2. The molecule has 6 heteroatoms. The molecule has 17 heavy (non-hydrogen) atoms. The number of hydrogen-bond acceptors (Lipinski definition) is 4. The Balaban J connectivity index is 2.17. The first-order valence-corrected chi connectivity index (χ1v) is 4.71. The van der Waals surface area contributed by atoms with Crippen LogP contribution in [0.5, 0.6) is 5.75 Å². The van der Waals surface area contributed by atoms with Crippen molar-refractivity contribution in [1.82, 2.24) is 9.97 Å². The van der Waals surface area contributed by atoms with E-state index < -0.39 is 11.7 Å². The molecule has 0 spiro atoms. The van der Waals surface area contributed by atoms with Crippen molar-refractivity contribution in [2.45, 2.75) is 0 Å². The lowest BCUT2D eigenvalue weighted by molar-refractivity contribution is 0.102. The lowest BCUT2D eigenvalue weighted by atomic mass is 10.2. The van der Waals surface area contributed by atoms with Crippen molar-refractivity contribution < 1.29 is 14.3 Å². The van der Waals surface area contributed by atoms with E-state index in [2.05, 4.69) is 15.3 Å². The predicted molar refractivity (Wildman–Crippen MR) is 58.1 cm³/mol. The second-order valence-electron chi connectivity index (χ2n) is 3.28. The van der Waals surface area contributed by atoms with Gasteiger partial charge in [-0.05, 0) is 6.07 Å². The summed E-state index contributed by atoms with van der Waals surface area (Å²) in [5.41, 5.74) is 0.410. The maximum atomic E-state index is 12.8. The van der Waals surface area contributed by atoms with E-state index in [1.165, 1.54) is 24.7 Å². The lowest BCUT2D eigenvalue weighted by Crippen LogP contribution is -2.12. The summed E-state index contributed by atoms with van der Waals surface area (Å²) in [6, 6.07) is 2.40. The first kappa shape index (κ1) is 11.0. The summed E-state index contributed by atoms with van der Waals surface area (Å²) >= 11 is 0. The molecule has 2 aromatic rings. The van der Waals surface area contributed by atoms with Crippen molar-refractivity contribution in [1.29, 1.82) is 0 Å². The molecule has 0 aromatic carbocycles. The maximum absolute atomic E-state index is 12.8. The molecule has 0 aliphatic rings. The van der Waals surface area contributed by atoms with Crippen molar-refractivity contribution in [3.05, 3.63) is 48.3 Å². The molecule has 0 bridgehead atoms. The van der Waals surface area contributed by atoms with Crippen LogP contribution < -0.4 is 5.32 Å². The Morgan fingerprint density at radius 2 is 1.94 bits per heavy atom. The molecule has 0 unspecified atom stereocenters. The fourth-order valence-corrected chi connectivity index (χ4v) is 1.24. The van der Waals surface area contributed by atoms with Gasteiger partial charge < -0.3 is 10.4 Å². The van der Waals surface area contributed by atoms with E-state index in [0.29, 0.717) is 0 Å². The highest BCUT2D eigenvalue weighted by atomic mass is 19.1. The van der Waals surface area contributed by atoms with E-state index in [9.17, 15) is 9.18 Å². The van der Waals surface area contributed by atoms with Crippen molar-refractivity contribution in [2.75, 3.05) is 5.32 Å². The zero-order valence-corrected chi connectivity index (χ0v) is 8.59. The summed E-state index contributed by atoms with van der Waals surface area (Å²) in [5.74, 6) is -1.16. The zero-order chi connectivity index (χ0) is 12.3. The molecule has 0 saturated heterocycles. The van der Waals surface area contributed by atoms with Gasteiger partial charge in [0.05, 0.1) is 29.8 Å². The second-order valence-corrected chi connectivity index (χ2v) is 3.28. The van der Waals surface area contributed by atoms with Gasteiger partial charge in [-0.1, -0.05) is 0 Å². The standard InChI is InChI=1S/C11H8FN3O2/c12-8-2-9(5-14-4-8)15-11(17)7-1-10(16)6-13-3-7/h1-6,16H,(H,15,17). The van der Waals surface area contributed by atoms with Gasteiger partial charge in [-0.2, -0.15) is 0 Å². The van der Waals surface area contributed by atoms with Crippen LogP contribution in [0, 0.1) is 5.82 Å². The molecule has 0 saturated carbocycles. The molecule has 2 heterocycles. The lowest BCUT2D eigenvalue weighted by Gasteiger charge is -2.04. The summed E-state index contributed by atoms with van der Waals surface area (Å²) < 4.78 is 12.8. The molecule has 0 aliphatic carbocycles. The third-order valence-electron chi connectivity index (χ3n) is 1.95. The SMILES string of the molecule is O=C(Nc1cncc(F)c1)c1cncc(O)c1. The van der Waals surface area contributed by atoms with Gasteiger partial charge in [0.2, 0.25) is 0 Å². The number of aromatic nitrogens is 2. The molecule has 2 aromatic heterocycles. The summed E-state index contributed by atoms with van der Waals surface area (Å²) in [6.45, 7) is 0. The average molecular weight is 233 g/mol. The molecule has 2 rings (SSSR count). The van der Waals surface area contributed by atoms with Crippen LogP contribution in [0.25, 0.3) is 0 Å². The third-order valence-corrected chi connectivity index (χ3v) is 1.95. The molecular formula is C11H8FN3O2. The highest BCUT2D eigenvalue weighted by Crippen LogP contribution is 2.12. The number of aromatic hydroxyl groups is 1. The van der Waals surface area contributed by atoms with Gasteiger partial charge in [0.25, 0.3) is 5.91 Å². The summed E-state index contributed by atoms with van der Waals surface area (Å²) in [6.07, 6.45) is 4.85. The maximum Gasteiger partial charge on any atom is 0.257 e. The van der Waals surface area contributed by atoms with Crippen molar-refractivity contribution in [2.24, 2.45) is 0 Å². The van der Waals surface area contributed by atoms with Crippen LogP contribution in [0.1, 0.15) is 10.4 Å². The average Bonchev–Trinajstić information content (AvgIpc) is 2.29. The molecule has 0 fully saturated rings. The number of anilines is 1. The number of carbonyl (C=O) groups is 1. The van der Waals surface area contributed by atoms with Crippen molar-refractivity contribution in [3.8, 4) is 5.75 Å². The number of halogens is 1. The van der Waals surface area contributed by atoms with Crippen LogP contribution >= 0.6 is 0 Å². The van der Waals surface area contributed by atoms with E-state index in [4.69, 9.17) is 5.11 Å². The van der Waals surface area contributed by atoms with Crippen LogP contribution in [0.15, 0.2) is 36.9 Å². The van der Waals surface area contributed by atoms with Crippen molar-refractivity contribution in [3.63, 3.8) is 0 Å². The minimum absolute atomic E-state index is 0.116. The molecule has 5 nitrogen and oxygen atoms in total. The Morgan fingerprint density at radius 3 is 2.65 bits per heavy atom. The number of pyridine rings is 2. The topological polar surface area (TPSA) is 75.1 Å². The van der Waals surface area contributed by atoms with Gasteiger partial charge in [-0.15, -0.1) is 0 Å². The predicted octanol–water partition coefficient (Wildman–Crippen LogP) is 1.57. The molecule has 1 amide bonds. The van der Waals surface area contributed by atoms with Gasteiger partial charge in [0, 0.05) is 12.3 Å². The Kier molecular flexibility index (Phi) is 2.95. The van der Waals surface area contributed by atoms with E-state index in [-0.39, 0.29) is 17.0 Å². The molecule has 0 atom stereocenters. The summed E-state index contributed by atoms with van der Waals surface area (Å²) in [7, 11) is 0. The van der Waals surface area contributed by atoms with E-state index in [1.807, 2.05) is 0 Å². The number of hydrogen-bond donors (Lipinski definition) is 2. The molecule has 0 aliphatic heterocycles. The third kappa shape index (κ3) is 2.75. The van der Waals surface area contributed by atoms with Gasteiger partial charge in [-0.3, -0.25) is 14.8 Å². The minimum atomic E-state index is -0.545. The zero-order valence-electron chi connectivity index (χ0n) is 8.59. The quantitative estimate of drug-likeness (QED) is 0.825. The normalized spacial score (nSPS) is 9.94. The van der Waals surface area contributed by atoms with E-state index in [0.717, 1.165) is 12.3 Å². The van der Waals surface area contributed by atoms with Gasteiger partial charge in [0.15, 0.2) is 0 Å². The second kappa shape index (κ2) is 4.56. The monoisotopic (exact) mass is 233 g/mol. The molecule has 86 valence electrons. The smallest absolute Gasteiger partial charge is 0.257 e. The largest absolute Gasteiger partial charge is 0.506 e. The van der Waals surface area contributed by atoms with Crippen LogP contribution in [0.4, 0.5) is 10.1 Å². The molecule has 2 N–H and O–H groups in total. The fourth-order valence-electron chi connectivity index (χ4n) is 1.24. The summed E-state index contributed by atoms with van der Waals surface area (Å²) in [4.78, 5) is 18.9. The Labute approximate surface area is 96.0 Å². The van der Waals surface area contributed by atoms with Gasteiger partial charge in [-0.25, -0.2) is 4.39 Å². The molecule has 0 radical (unpaired) electrons. The number of nitrogens with zero attached hydrogens (tertiary/aromatic N) is 2. The summed E-state index contributed by atoms with van der Waals surface area (Å²) in [5, 5.41) is 11.6. The Morgan fingerprint density at radius 1 is 1.18 bits per heavy atom. The Bertz CT molecular complexity index is 560. The van der Waals surface area contributed by atoms with E-state index >= 15 is 0 Å². The number of amides is 1.